The molecule has 0 aromatic heterocycles. The molecule has 0 heterocycles. The van der Waals surface area contributed by atoms with Gasteiger partial charge >= 0.3 is 6.09 Å². The number of carbonyl (C=O) groups excluding carboxylic acids is 1. The molecule has 2 rings (SSSR count). The first kappa shape index (κ1) is 16.6. The fraction of sp³-hybridized carbons (Fsp3) is 0.588. The molecule has 0 unspecified atom stereocenters. The Labute approximate surface area is 131 Å². The molecule has 0 radical (unpaired) electrons. The Morgan fingerprint density at radius 1 is 1.18 bits per heavy atom. The summed E-state index contributed by atoms with van der Waals surface area (Å²) in [6.07, 6.45) is 2.79. The van der Waals surface area contributed by atoms with Crippen LogP contribution in [0, 0.1) is 0 Å². The highest BCUT2D eigenvalue weighted by Gasteiger charge is 2.24. The van der Waals surface area contributed by atoms with Crippen LogP contribution in [0.3, 0.4) is 0 Å². The number of ether oxygens (including phenoxy) is 2. The molecule has 1 aliphatic carbocycles. The van der Waals surface area contributed by atoms with E-state index in [2.05, 4.69) is 5.32 Å². The van der Waals surface area contributed by atoms with E-state index in [0.29, 0.717) is 11.4 Å². The molecule has 2 N–H and O–H groups in total. The van der Waals surface area contributed by atoms with E-state index in [1.165, 1.54) is 0 Å². The molecule has 5 nitrogen and oxygen atoms in total. The maximum absolute atomic E-state index is 11.7. The first-order valence-corrected chi connectivity index (χ1v) is 7.78. The average molecular weight is 307 g/mol. The van der Waals surface area contributed by atoms with Crippen LogP contribution < -0.4 is 10.1 Å². The van der Waals surface area contributed by atoms with Gasteiger partial charge in [0.1, 0.15) is 17.5 Å². The molecule has 22 heavy (non-hydrogen) atoms. The number of hydrogen-bond donors (Lipinski definition) is 2. The topological polar surface area (TPSA) is 67.8 Å². The van der Waals surface area contributed by atoms with Gasteiger partial charge in [-0.25, -0.2) is 4.79 Å². The van der Waals surface area contributed by atoms with Gasteiger partial charge in [0, 0.05) is 5.69 Å². The highest BCUT2D eigenvalue weighted by molar-refractivity contribution is 5.84. The highest BCUT2D eigenvalue weighted by Crippen LogP contribution is 2.25. The molecule has 0 spiro atoms. The Balaban J connectivity index is 1.88. The van der Waals surface area contributed by atoms with E-state index in [-0.39, 0.29) is 6.10 Å². The van der Waals surface area contributed by atoms with Gasteiger partial charge in [0.2, 0.25) is 0 Å². The van der Waals surface area contributed by atoms with Crippen molar-refractivity contribution in [1.82, 2.24) is 0 Å². The van der Waals surface area contributed by atoms with Crippen LogP contribution in [0.25, 0.3) is 0 Å². The zero-order valence-electron chi connectivity index (χ0n) is 13.5. The average Bonchev–Trinajstić information content (AvgIpc) is 2.41. The first-order chi connectivity index (χ1) is 10.3. The zero-order chi connectivity index (χ0) is 16.2. The van der Waals surface area contributed by atoms with Crippen molar-refractivity contribution in [2.24, 2.45) is 0 Å². The summed E-state index contributed by atoms with van der Waals surface area (Å²) in [5.41, 5.74) is 0.121. The Morgan fingerprint density at radius 2 is 1.82 bits per heavy atom. The molecular weight excluding hydrogens is 282 g/mol. The van der Waals surface area contributed by atoms with Crippen LogP contribution in [0.2, 0.25) is 0 Å². The maximum atomic E-state index is 11.7. The molecule has 1 fully saturated rings. The van der Waals surface area contributed by atoms with Gasteiger partial charge < -0.3 is 14.6 Å². The van der Waals surface area contributed by atoms with Crippen LogP contribution in [-0.4, -0.2) is 29.0 Å². The minimum Gasteiger partial charge on any atom is -0.488 e. The summed E-state index contributed by atoms with van der Waals surface area (Å²) < 4.78 is 11.0. The van der Waals surface area contributed by atoms with Crippen molar-refractivity contribution in [3.05, 3.63) is 24.3 Å². The fourth-order valence-electron chi connectivity index (χ4n) is 2.43. The predicted molar refractivity (Wildman–Crippen MR) is 85.2 cm³/mol. The molecule has 2 atom stereocenters. The van der Waals surface area contributed by atoms with E-state index < -0.39 is 17.8 Å². The summed E-state index contributed by atoms with van der Waals surface area (Å²) >= 11 is 0. The second kappa shape index (κ2) is 7.01. The lowest BCUT2D eigenvalue weighted by Gasteiger charge is -2.28. The van der Waals surface area contributed by atoms with Crippen LogP contribution >= 0.6 is 0 Å². The molecule has 1 saturated carbocycles. The van der Waals surface area contributed by atoms with Gasteiger partial charge in [-0.05, 0) is 64.3 Å². The van der Waals surface area contributed by atoms with Gasteiger partial charge in [0.05, 0.1) is 6.10 Å². The second-order valence-corrected chi connectivity index (χ2v) is 6.66. The van der Waals surface area contributed by atoms with Gasteiger partial charge in [0.15, 0.2) is 0 Å². The van der Waals surface area contributed by atoms with E-state index in [1.807, 2.05) is 20.8 Å². The molecule has 122 valence electrons. The Hall–Kier alpha value is -1.75. The smallest absolute Gasteiger partial charge is 0.412 e. The molecular formula is C17H25NO4. The van der Waals surface area contributed by atoms with E-state index in [9.17, 15) is 9.90 Å². The summed E-state index contributed by atoms with van der Waals surface area (Å²) in [5, 5.41) is 12.6. The molecule has 1 aliphatic rings. The van der Waals surface area contributed by atoms with Gasteiger partial charge in [-0.15, -0.1) is 0 Å². The number of anilines is 1. The third-order valence-corrected chi connectivity index (χ3v) is 3.45. The molecule has 1 aromatic carbocycles. The third kappa shape index (κ3) is 5.22. The molecule has 5 heteroatoms. The van der Waals surface area contributed by atoms with E-state index in [0.717, 1.165) is 25.7 Å². The van der Waals surface area contributed by atoms with Crippen molar-refractivity contribution in [3.8, 4) is 5.75 Å². The van der Waals surface area contributed by atoms with Crippen LogP contribution in [0.15, 0.2) is 24.3 Å². The number of hydrogen-bond acceptors (Lipinski definition) is 4. The number of benzene rings is 1. The number of aliphatic hydroxyl groups is 1. The van der Waals surface area contributed by atoms with Crippen molar-refractivity contribution < 1.29 is 19.4 Å². The van der Waals surface area contributed by atoms with Crippen LogP contribution in [0.5, 0.6) is 5.75 Å². The van der Waals surface area contributed by atoms with Crippen LogP contribution in [0.1, 0.15) is 46.5 Å². The Morgan fingerprint density at radius 3 is 2.41 bits per heavy atom. The van der Waals surface area contributed by atoms with Crippen molar-refractivity contribution in [1.29, 1.82) is 0 Å². The lowest BCUT2D eigenvalue weighted by molar-refractivity contribution is 0.00688. The lowest BCUT2D eigenvalue weighted by Crippen LogP contribution is -2.34. The summed E-state index contributed by atoms with van der Waals surface area (Å²) in [4.78, 5) is 11.7. The van der Waals surface area contributed by atoms with E-state index in [4.69, 9.17) is 9.47 Å². The number of aliphatic hydroxyl groups excluding tert-OH is 1. The number of rotatable bonds is 3. The fourth-order valence-corrected chi connectivity index (χ4v) is 2.43. The minimum atomic E-state index is -0.524. The normalized spacial score (nSPS) is 22.0. The number of nitrogens with one attached hydrogen (secondary N) is 1. The minimum absolute atomic E-state index is 0.140. The van der Waals surface area contributed by atoms with Crippen molar-refractivity contribution >= 4 is 11.8 Å². The van der Waals surface area contributed by atoms with Crippen LogP contribution in [0.4, 0.5) is 10.5 Å². The monoisotopic (exact) mass is 307 g/mol. The lowest BCUT2D eigenvalue weighted by atomic mass is 9.95. The quantitative estimate of drug-likeness (QED) is 0.893. The van der Waals surface area contributed by atoms with E-state index >= 15 is 0 Å². The van der Waals surface area contributed by atoms with Gasteiger partial charge in [0.25, 0.3) is 0 Å². The summed E-state index contributed by atoms with van der Waals surface area (Å²) in [6.45, 7) is 5.46. The molecule has 0 aliphatic heterocycles. The summed E-state index contributed by atoms with van der Waals surface area (Å²) in [7, 11) is 0. The molecule has 0 bridgehead atoms. The molecule has 0 saturated heterocycles. The standard InChI is InChI=1S/C17H25NO4/c1-17(2,3)22-16(20)18-12-8-10-13(11-9-12)21-15-7-5-4-6-14(15)19/h8-11,14-15,19H,4-7H2,1-3H3,(H,18,20)/t14-,15-/m1/s1. The highest BCUT2D eigenvalue weighted by atomic mass is 16.6. The largest absolute Gasteiger partial charge is 0.488 e. The molecule has 1 amide bonds. The van der Waals surface area contributed by atoms with Crippen molar-refractivity contribution in [2.75, 3.05) is 5.32 Å². The zero-order valence-corrected chi connectivity index (χ0v) is 13.5. The van der Waals surface area contributed by atoms with Gasteiger partial charge in [-0.1, -0.05) is 6.42 Å². The maximum Gasteiger partial charge on any atom is 0.412 e. The van der Waals surface area contributed by atoms with Gasteiger partial charge in [-0.2, -0.15) is 0 Å². The van der Waals surface area contributed by atoms with Gasteiger partial charge in [-0.3, -0.25) is 5.32 Å². The SMILES string of the molecule is CC(C)(C)OC(=O)Nc1ccc(O[C@@H]2CCCC[C@H]2O)cc1. The van der Waals surface area contributed by atoms with E-state index in [1.54, 1.807) is 24.3 Å². The Kier molecular flexibility index (Phi) is 5.29. The number of carbonyl (C=O) groups is 1. The Bertz CT molecular complexity index is 492. The molecule has 1 aromatic rings. The summed E-state index contributed by atoms with van der Waals surface area (Å²) in [5.74, 6) is 0.695. The van der Waals surface area contributed by atoms with Crippen LogP contribution in [-0.2, 0) is 4.74 Å². The summed E-state index contributed by atoms with van der Waals surface area (Å²) in [6, 6.07) is 7.09. The third-order valence-electron chi connectivity index (χ3n) is 3.45. The second-order valence-electron chi connectivity index (χ2n) is 6.66. The van der Waals surface area contributed by atoms with Crippen molar-refractivity contribution in [2.45, 2.75) is 64.3 Å². The number of amides is 1. The predicted octanol–water partition coefficient (Wildman–Crippen LogP) is 3.72. The first-order valence-electron chi connectivity index (χ1n) is 7.78. The van der Waals surface area contributed by atoms with Crippen molar-refractivity contribution in [3.63, 3.8) is 0 Å².